The number of hydrogen-bond acceptors (Lipinski definition) is 8. The first-order valence-electron chi connectivity index (χ1n) is 19.3. The molecular formula is C40H52ClN5O6S. The molecule has 1 spiro atoms. The van der Waals surface area contributed by atoms with Crippen LogP contribution in [0.1, 0.15) is 60.5 Å². The number of carbonyl (C=O) groups excluding carboxylic acids is 2. The Hall–Kier alpha value is -3.16. The lowest BCUT2D eigenvalue weighted by molar-refractivity contribution is -0.0197. The summed E-state index contributed by atoms with van der Waals surface area (Å²) in [6.07, 6.45) is 10.00. The van der Waals surface area contributed by atoms with E-state index in [1.54, 1.807) is 18.1 Å². The molecule has 2 saturated heterocycles. The number of amides is 3. The Balaban J connectivity index is 1.12. The third kappa shape index (κ3) is 7.59. The van der Waals surface area contributed by atoms with E-state index < -0.39 is 21.9 Å². The number of fused-ring (bicyclic) bond motifs is 4. The summed E-state index contributed by atoms with van der Waals surface area (Å²) < 4.78 is 39.9. The van der Waals surface area contributed by atoms with E-state index in [0.717, 1.165) is 74.7 Å². The SMILES string of the molecule is CO[C@H]1/C=C/C[C@H](C)C[S@@](=O)(NC(=O)N2CC(N3CCOCC3)C2)=NC(=O)c2ccc3c(c2)N(C[C@@H]2CC[C@H]21)C[C@@]1(CCCc2cc(Cl)ccc21)CO3. The van der Waals surface area contributed by atoms with Crippen molar-refractivity contribution >= 4 is 39.1 Å². The third-order valence-corrected chi connectivity index (χ3v) is 14.7. The summed E-state index contributed by atoms with van der Waals surface area (Å²) in [6, 6.07) is 11.5. The van der Waals surface area contributed by atoms with E-state index in [0.29, 0.717) is 56.7 Å². The molecule has 4 heterocycles. The zero-order valence-electron chi connectivity index (χ0n) is 30.8. The minimum Gasteiger partial charge on any atom is -0.490 e. The van der Waals surface area contributed by atoms with Crippen LogP contribution < -0.4 is 14.4 Å². The summed E-state index contributed by atoms with van der Waals surface area (Å²) in [5.74, 6) is 0.784. The minimum atomic E-state index is -3.48. The highest BCUT2D eigenvalue weighted by Gasteiger charge is 2.44. The van der Waals surface area contributed by atoms with Crippen molar-refractivity contribution in [3.8, 4) is 5.75 Å². The number of methoxy groups -OCH3 is 1. The highest BCUT2D eigenvalue weighted by atomic mass is 35.5. The zero-order valence-corrected chi connectivity index (χ0v) is 32.4. The Morgan fingerprint density at radius 2 is 1.94 bits per heavy atom. The van der Waals surface area contributed by atoms with Crippen molar-refractivity contribution in [2.75, 3.05) is 76.9 Å². The van der Waals surface area contributed by atoms with Crippen LogP contribution in [-0.4, -0.2) is 110 Å². The highest BCUT2D eigenvalue weighted by molar-refractivity contribution is 7.92. The van der Waals surface area contributed by atoms with Gasteiger partial charge in [-0.15, -0.1) is 4.36 Å². The molecule has 3 amide bonds. The number of hydrogen-bond donors (Lipinski definition) is 1. The molecule has 13 heteroatoms. The van der Waals surface area contributed by atoms with Crippen molar-refractivity contribution in [1.82, 2.24) is 14.5 Å². The molecule has 6 aliphatic rings. The molecule has 286 valence electrons. The smallest absolute Gasteiger partial charge is 0.329 e. The van der Waals surface area contributed by atoms with Gasteiger partial charge in [-0.1, -0.05) is 36.7 Å². The van der Waals surface area contributed by atoms with Gasteiger partial charge in [0.2, 0.25) is 0 Å². The third-order valence-electron chi connectivity index (χ3n) is 12.5. The monoisotopic (exact) mass is 765 g/mol. The molecule has 1 saturated carbocycles. The quantitative estimate of drug-likeness (QED) is 0.397. The van der Waals surface area contributed by atoms with Gasteiger partial charge in [-0.2, -0.15) is 0 Å². The van der Waals surface area contributed by atoms with Crippen molar-refractivity contribution in [2.45, 2.75) is 63.0 Å². The van der Waals surface area contributed by atoms with Crippen molar-refractivity contribution in [3.63, 3.8) is 0 Å². The molecule has 1 N–H and O–H groups in total. The van der Waals surface area contributed by atoms with Gasteiger partial charge in [0.05, 0.1) is 37.4 Å². The van der Waals surface area contributed by atoms with Crippen LogP contribution in [0.4, 0.5) is 10.5 Å². The number of nitrogens with zero attached hydrogens (tertiary/aromatic N) is 4. The summed E-state index contributed by atoms with van der Waals surface area (Å²) in [7, 11) is -1.70. The van der Waals surface area contributed by atoms with Crippen LogP contribution in [0.3, 0.4) is 0 Å². The van der Waals surface area contributed by atoms with Crippen LogP contribution >= 0.6 is 11.6 Å². The van der Waals surface area contributed by atoms with Crippen molar-refractivity contribution in [1.29, 1.82) is 0 Å². The number of benzene rings is 2. The summed E-state index contributed by atoms with van der Waals surface area (Å²) in [5, 5.41) is 0.746. The largest absolute Gasteiger partial charge is 0.490 e. The normalized spacial score (nSPS) is 32.9. The van der Waals surface area contributed by atoms with Crippen LogP contribution in [0.5, 0.6) is 5.75 Å². The number of halogens is 1. The fraction of sp³-hybridized carbons (Fsp3) is 0.600. The molecule has 3 fully saturated rings. The summed E-state index contributed by atoms with van der Waals surface area (Å²) in [6.45, 7) is 8.13. The van der Waals surface area contributed by atoms with E-state index in [1.165, 1.54) is 11.1 Å². The van der Waals surface area contributed by atoms with Crippen LogP contribution in [0.15, 0.2) is 52.9 Å². The molecule has 2 aliphatic carbocycles. The van der Waals surface area contributed by atoms with Gasteiger partial charge in [0, 0.05) is 68.4 Å². The van der Waals surface area contributed by atoms with Gasteiger partial charge in [-0.05, 0) is 97.7 Å². The molecule has 6 atom stereocenters. The van der Waals surface area contributed by atoms with Crippen molar-refractivity contribution < 1.29 is 28.0 Å². The molecule has 8 rings (SSSR count). The zero-order chi connectivity index (χ0) is 36.7. The van der Waals surface area contributed by atoms with E-state index >= 15 is 0 Å². The molecule has 2 aromatic carbocycles. The lowest BCUT2D eigenvalue weighted by Gasteiger charge is -2.46. The average molecular weight is 766 g/mol. The number of ether oxygens (including phenoxy) is 3. The molecule has 4 aliphatic heterocycles. The second kappa shape index (κ2) is 15.2. The van der Waals surface area contributed by atoms with Gasteiger partial charge < -0.3 is 24.0 Å². The Bertz CT molecular complexity index is 1870. The maximum Gasteiger partial charge on any atom is 0.329 e. The summed E-state index contributed by atoms with van der Waals surface area (Å²) in [5.41, 5.74) is 3.46. The van der Waals surface area contributed by atoms with E-state index in [-0.39, 0.29) is 29.2 Å². The van der Waals surface area contributed by atoms with E-state index in [4.69, 9.17) is 25.8 Å². The number of urea groups is 1. The van der Waals surface area contributed by atoms with Gasteiger partial charge in [0.25, 0.3) is 5.91 Å². The second-order valence-electron chi connectivity index (χ2n) is 16.1. The fourth-order valence-corrected chi connectivity index (χ4v) is 11.4. The Morgan fingerprint density at radius 1 is 1.11 bits per heavy atom. The number of aryl methyl sites for hydroxylation is 1. The van der Waals surface area contributed by atoms with Gasteiger partial charge in [-0.3, -0.25) is 14.4 Å². The van der Waals surface area contributed by atoms with Crippen molar-refractivity contribution in [2.24, 2.45) is 22.1 Å². The average Bonchev–Trinajstić information content (AvgIpc) is 3.25. The maximum absolute atomic E-state index is 14.6. The Labute approximate surface area is 318 Å². The Kier molecular flexibility index (Phi) is 10.5. The number of morpholine rings is 1. The van der Waals surface area contributed by atoms with Crippen LogP contribution in [-0.2, 0) is 31.2 Å². The predicted octanol–water partition coefficient (Wildman–Crippen LogP) is 5.70. The molecule has 2 aromatic rings. The molecule has 11 nitrogen and oxygen atoms in total. The molecule has 0 unspecified atom stereocenters. The van der Waals surface area contributed by atoms with Crippen LogP contribution in [0.25, 0.3) is 0 Å². The highest BCUT2D eigenvalue weighted by Crippen LogP contribution is 2.47. The molecule has 2 bridgehead atoms. The van der Waals surface area contributed by atoms with E-state index in [1.807, 2.05) is 25.1 Å². The predicted molar refractivity (Wildman–Crippen MR) is 206 cm³/mol. The summed E-state index contributed by atoms with van der Waals surface area (Å²) in [4.78, 5) is 34.0. The van der Waals surface area contributed by atoms with Gasteiger partial charge in [-0.25, -0.2) is 9.00 Å². The lowest BCUT2D eigenvalue weighted by atomic mass is 9.68. The summed E-state index contributed by atoms with van der Waals surface area (Å²) >= 11 is 6.47. The first-order chi connectivity index (χ1) is 25.6. The Morgan fingerprint density at radius 3 is 2.72 bits per heavy atom. The number of rotatable bonds is 3. The molecule has 53 heavy (non-hydrogen) atoms. The van der Waals surface area contributed by atoms with E-state index in [9.17, 15) is 13.8 Å². The number of likely N-dealkylation sites (tertiary alicyclic amines) is 1. The first-order valence-corrected chi connectivity index (χ1v) is 21.4. The van der Waals surface area contributed by atoms with Gasteiger partial charge in [0.15, 0.2) is 0 Å². The number of anilines is 1. The first kappa shape index (κ1) is 36.8. The maximum atomic E-state index is 14.6. The standard InChI is InChI=1S/C40H52ClN5O6S/c1-27-5-3-7-36(50-2)33-11-8-30(33)21-46-25-40(14-4-6-28-19-31(41)10-12-34(28)40)26-52-37-13-9-29(20-35(37)46)38(47)42-53(49,24-27)43-39(48)45-22-32(23-45)44-15-17-51-18-16-44/h3,7,9-10,12-13,19-20,27,30,32-33,36H,4-6,8,11,14-18,21-26H2,1-2H3,(H,42,43,47,48,49)/b7-3+/t27-,30-,33+,36-,40-,53-/m0/s1. The van der Waals surface area contributed by atoms with Gasteiger partial charge in [0.1, 0.15) is 15.7 Å². The fourth-order valence-electron chi connectivity index (χ4n) is 9.36. The number of nitrogens with one attached hydrogen (secondary N) is 1. The molecular weight excluding hydrogens is 714 g/mol. The lowest BCUT2D eigenvalue weighted by Crippen LogP contribution is -2.64. The molecule has 0 aromatic heterocycles. The second-order valence-corrected chi connectivity index (χ2v) is 18.5. The number of allylic oxidation sites excluding steroid dienone is 1. The topological polar surface area (TPSA) is 113 Å². The van der Waals surface area contributed by atoms with Crippen molar-refractivity contribution in [3.05, 3.63) is 70.3 Å². The van der Waals surface area contributed by atoms with Crippen LogP contribution in [0.2, 0.25) is 5.02 Å². The minimum absolute atomic E-state index is 0.0458. The molecule has 0 radical (unpaired) electrons. The number of carbonyl (C=O) groups is 2. The van der Waals surface area contributed by atoms with Crippen LogP contribution in [0, 0.1) is 17.8 Å². The van der Waals surface area contributed by atoms with Gasteiger partial charge >= 0.3 is 6.03 Å². The van der Waals surface area contributed by atoms with E-state index in [2.05, 4.69) is 43.2 Å².